The Morgan fingerprint density at radius 1 is 1.33 bits per heavy atom. The predicted molar refractivity (Wildman–Crippen MR) is 116 cm³/mol. The molecule has 0 spiro atoms. The van der Waals surface area contributed by atoms with Crippen molar-refractivity contribution in [3.05, 3.63) is 48.0 Å². The van der Waals surface area contributed by atoms with E-state index in [1.165, 1.54) is 11.0 Å². The standard InChI is InChI=1S/C24H23FN4O4/c1-2-22(30)28-9-16-10-29(23(31)33-16)15-4-5-17(20(25)7-15)14-3-6-21(27-8-14)24(13-26)18-11-32-12-19(18)24/h3-8,16,18-19H,2,9-12H2,1H3,(H,28,30)/t16-,18-,19+,24?/m0/s1. The minimum atomic E-state index is -0.595. The summed E-state index contributed by atoms with van der Waals surface area (Å²) in [5, 5.41) is 12.4. The van der Waals surface area contributed by atoms with Gasteiger partial charge in [-0.1, -0.05) is 13.0 Å². The van der Waals surface area contributed by atoms with Crippen molar-refractivity contribution in [1.29, 1.82) is 5.26 Å². The Kier molecular flexibility index (Phi) is 5.25. The average Bonchev–Trinajstić information content (AvgIpc) is 3.13. The first-order valence-corrected chi connectivity index (χ1v) is 11.0. The fourth-order valence-electron chi connectivity index (χ4n) is 4.85. The summed E-state index contributed by atoms with van der Waals surface area (Å²) < 4.78 is 25.7. The Bertz CT molecular complexity index is 1140. The molecular weight excluding hydrogens is 427 g/mol. The highest BCUT2D eigenvalue weighted by atomic mass is 19.1. The Labute approximate surface area is 190 Å². The first-order chi connectivity index (χ1) is 16.0. The summed E-state index contributed by atoms with van der Waals surface area (Å²) in [6.07, 6.45) is 0.856. The van der Waals surface area contributed by atoms with E-state index in [4.69, 9.17) is 9.47 Å². The van der Waals surface area contributed by atoms with Gasteiger partial charge in [-0.2, -0.15) is 5.26 Å². The highest BCUT2D eigenvalue weighted by Gasteiger charge is 2.70. The third-order valence-electron chi connectivity index (χ3n) is 6.81. The quantitative estimate of drug-likeness (QED) is 0.726. The van der Waals surface area contributed by atoms with Crippen molar-refractivity contribution in [2.45, 2.75) is 24.9 Å². The van der Waals surface area contributed by atoms with Crippen molar-refractivity contribution in [2.75, 3.05) is 31.2 Å². The topological polar surface area (TPSA) is 105 Å². The van der Waals surface area contributed by atoms with Gasteiger partial charge in [0.2, 0.25) is 5.91 Å². The largest absolute Gasteiger partial charge is 0.442 e. The number of aromatic nitrogens is 1. The minimum absolute atomic E-state index is 0.126. The molecule has 0 bridgehead atoms. The molecule has 1 unspecified atom stereocenters. The van der Waals surface area contributed by atoms with Crippen molar-refractivity contribution < 1.29 is 23.5 Å². The zero-order chi connectivity index (χ0) is 23.2. The van der Waals surface area contributed by atoms with Gasteiger partial charge in [0.15, 0.2) is 0 Å². The molecule has 2 amide bonds. The number of ether oxygens (including phenoxy) is 2. The molecule has 5 rings (SSSR count). The molecule has 0 radical (unpaired) electrons. The van der Waals surface area contributed by atoms with Gasteiger partial charge in [0.05, 0.1) is 43.8 Å². The molecule has 1 aliphatic carbocycles. The molecule has 2 saturated heterocycles. The van der Waals surface area contributed by atoms with Gasteiger partial charge >= 0.3 is 6.09 Å². The van der Waals surface area contributed by atoms with Crippen LogP contribution in [0.3, 0.4) is 0 Å². The lowest BCUT2D eigenvalue weighted by molar-refractivity contribution is -0.121. The normalized spacial score (nSPS) is 27.6. The molecule has 1 saturated carbocycles. The van der Waals surface area contributed by atoms with Crippen molar-refractivity contribution in [1.82, 2.24) is 10.3 Å². The molecule has 1 aromatic heterocycles. The lowest BCUT2D eigenvalue weighted by Gasteiger charge is -2.15. The third kappa shape index (κ3) is 3.51. The Morgan fingerprint density at radius 2 is 2.12 bits per heavy atom. The SMILES string of the molecule is CCC(=O)NC[C@H]1CN(c2ccc(-c3ccc(C4(C#N)[C@@H]5COC[C@@H]54)nc3)c(F)c2)C(=O)O1. The number of nitrogens with one attached hydrogen (secondary N) is 1. The number of anilines is 1. The van der Waals surface area contributed by atoms with Crippen LogP contribution in [0.2, 0.25) is 0 Å². The van der Waals surface area contributed by atoms with Crippen molar-refractivity contribution in [3.8, 4) is 17.2 Å². The van der Waals surface area contributed by atoms with Crippen LogP contribution in [0.15, 0.2) is 36.5 Å². The highest BCUT2D eigenvalue weighted by molar-refractivity contribution is 5.90. The average molecular weight is 450 g/mol. The van der Waals surface area contributed by atoms with Crippen LogP contribution >= 0.6 is 0 Å². The number of halogens is 1. The first-order valence-electron chi connectivity index (χ1n) is 11.0. The summed E-state index contributed by atoms with van der Waals surface area (Å²) in [7, 11) is 0. The second-order valence-corrected chi connectivity index (χ2v) is 8.60. The number of carbonyl (C=O) groups is 2. The van der Waals surface area contributed by atoms with Gasteiger partial charge in [-0.15, -0.1) is 0 Å². The maximum absolute atomic E-state index is 15.0. The number of cyclic esters (lactones) is 1. The second-order valence-electron chi connectivity index (χ2n) is 8.60. The first kappa shape index (κ1) is 21.3. The number of nitriles is 1. The van der Waals surface area contributed by atoms with E-state index in [1.54, 1.807) is 37.4 Å². The summed E-state index contributed by atoms with van der Waals surface area (Å²) in [6, 6.07) is 10.5. The summed E-state index contributed by atoms with van der Waals surface area (Å²) in [5.41, 5.74) is 1.42. The van der Waals surface area contributed by atoms with Crippen molar-refractivity contribution >= 4 is 17.7 Å². The van der Waals surface area contributed by atoms with Crippen LogP contribution in [0.4, 0.5) is 14.9 Å². The Balaban J connectivity index is 1.30. The molecule has 3 fully saturated rings. The van der Waals surface area contributed by atoms with E-state index in [2.05, 4.69) is 16.4 Å². The molecule has 2 aliphatic heterocycles. The molecular formula is C24H23FN4O4. The highest BCUT2D eigenvalue weighted by Crippen LogP contribution is 2.62. The molecule has 170 valence electrons. The van der Waals surface area contributed by atoms with Gasteiger partial charge < -0.3 is 14.8 Å². The van der Waals surface area contributed by atoms with Gasteiger partial charge in [-0.25, -0.2) is 9.18 Å². The van der Waals surface area contributed by atoms with E-state index < -0.39 is 23.4 Å². The molecule has 3 heterocycles. The van der Waals surface area contributed by atoms with E-state index in [0.29, 0.717) is 42.1 Å². The van der Waals surface area contributed by atoms with Gasteiger partial charge in [-0.3, -0.25) is 14.7 Å². The van der Waals surface area contributed by atoms with Crippen LogP contribution in [0.5, 0.6) is 0 Å². The molecule has 2 aromatic rings. The van der Waals surface area contributed by atoms with Gasteiger partial charge in [0.25, 0.3) is 0 Å². The number of fused-ring (bicyclic) bond motifs is 1. The molecule has 3 aliphatic rings. The number of rotatable bonds is 6. The molecule has 4 atom stereocenters. The number of amides is 2. The third-order valence-corrected chi connectivity index (χ3v) is 6.81. The van der Waals surface area contributed by atoms with Crippen LogP contribution in [0.25, 0.3) is 11.1 Å². The monoisotopic (exact) mass is 450 g/mol. The zero-order valence-electron chi connectivity index (χ0n) is 18.1. The smallest absolute Gasteiger partial charge is 0.414 e. The molecule has 33 heavy (non-hydrogen) atoms. The number of hydrogen-bond acceptors (Lipinski definition) is 6. The van der Waals surface area contributed by atoms with Crippen LogP contribution in [0, 0.1) is 29.0 Å². The van der Waals surface area contributed by atoms with E-state index >= 15 is 0 Å². The van der Waals surface area contributed by atoms with Crippen LogP contribution in [0.1, 0.15) is 19.0 Å². The molecule has 1 N–H and O–H groups in total. The van der Waals surface area contributed by atoms with Gasteiger partial charge in [0, 0.05) is 35.6 Å². The molecule has 8 nitrogen and oxygen atoms in total. The second kappa shape index (κ2) is 8.12. The molecule has 1 aromatic carbocycles. The number of nitrogens with zero attached hydrogens (tertiary/aromatic N) is 3. The maximum atomic E-state index is 15.0. The number of hydrogen-bond donors (Lipinski definition) is 1. The van der Waals surface area contributed by atoms with E-state index in [-0.39, 0.29) is 30.8 Å². The van der Waals surface area contributed by atoms with Crippen LogP contribution in [-0.4, -0.2) is 49.4 Å². The summed E-state index contributed by atoms with van der Waals surface area (Å²) >= 11 is 0. The zero-order valence-corrected chi connectivity index (χ0v) is 18.1. The minimum Gasteiger partial charge on any atom is -0.442 e. The number of benzene rings is 1. The van der Waals surface area contributed by atoms with E-state index in [1.807, 2.05) is 0 Å². The summed E-state index contributed by atoms with van der Waals surface area (Å²) in [5.74, 6) is -0.268. The number of carbonyl (C=O) groups excluding carboxylic acids is 2. The van der Waals surface area contributed by atoms with Crippen molar-refractivity contribution in [2.24, 2.45) is 11.8 Å². The maximum Gasteiger partial charge on any atom is 0.414 e. The fraction of sp³-hybridized carbons (Fsp3) is 0.417. The van der Waals surface area contributed by atoms with Gasteiger partial charge in [0.1, 0.15) is 17.3 Å². The fourth-order valence-corrected chi connectivity index (χ4v) is 4.85. The van der Waals surface area contributed by atoms with Crippen LogP contribution < -0.4 is 10.2 Å². The lowest BCUT2D eigenvalue weighted by Crippen LogP contribution is -2.34. The lowest BCUT2D eigenvalue weighted by atomic mass is 9.96. The Hall–Kier alpha value is -3.51. The van der Waals surface area contributed by atoms with E-state index in [0.717, 1.165) is 0 Å². The summed E-state index contributed by atoms with van der Waals surface area (Å²) in [6.45, 7) is 3.32. The van der Waals surface area contributed by atoms with E-state index in [9.17, 15) is 19.2 Å². The summed E-state index contributed by atoms with van der Waals surface area (Å²) in [4.78, 5) is 29.5. The number of pyridine rings is 1. The van der Waals surface area contributed by atoms with Crippen molar-refractivity contribution in [3.63, 3.8) is 0 Å². The van der Waals surface area contributed by atoms with Crippen LogP contribution in [-0.2, 0) is 19.7 Å². The Morgan fingerprint density at radius 3 is 2.76 bits per heavy atom. The predicted octanol–water partition coefficient (Wildman–Crippen LogP) is 2.78. The van der Waals surface area contributed by atoms with Gasteiger partial charge in [-0.05, 0) is 24.3 Å². The molecule has 9 heteroatoms.